The number of imide groups is 1. The highest BCUT2D eigenvalue weighted by Crippen LogP contribution is 2.28. The summed E-state index contributed by atoms with van der Waals surface area (Å²) in [7, 11) is 0. The third-order valence-corrected chi connectivity index (χ3v) is 5.04. The molecule has 2 aromatic carbocycles. The van der Waals surface area contributed by atoms with Gasteiger partial charge in [-0.25, -0.2) is 4.79 Å². The second-order valence-electron chi connectivity index (χ2n) is 7.29. The number of urea groups is 1. The van der Waals surface area contributed by atoms with Gasteiger partial charge in [0.15, 0.2) is 0 Å². The minimum absolute atomic E-state index is 0.143. The Morgan fingerprint density at radius 1 is 1.03 bits per heavy atom. The number of hydrogen-bond donors (Lipinski definition) is 3. The van der Waals surface area contributed by atoms with Crippen LogP contribution in [0.4, 0.5) is 16.2 Å². The summed E-state index contributed by atoms with van der Waals surface area (Å²) in [6.07, 6.45) is 0.335. The molecule has 2 aromatic rings. The van der Waals surface area contributed by atoms with Gasteiger partial charge in [0.2, 0.25) is 11.8 Å². The third-order valence-electron chi connectivity index (χ3n) is 5.04. The molecule has 3 N–H and O–H groups in total. The van der Waals surface area contributed by atoms with Crippen molar-refractivity contribution in [3.8, 4) is 0 Å². The maximum Gasteiger partial charge on any atom is 0.325 e. The molecule has 8 heteroatoms. The Labute approximate surface area is 174 Å². The smallest absolute Gasteiger partial charge is 0.325 e. The first-order valence-electron chi connectivity index (χ1n) is 9.64. The van der Waals surface area contributed by atoms with Crippen LogP contribution < -0.4 is 16.0 Å². The molecule has 8 nitrogen and oxygen atoms in total. The maximum atomic E-state index is 12.9. The van der Waals surface area contributed by atoms with Crippen LogP contribution in [0, 0.1) is 6.92 Å². The van der Waals surface area contributed by atoms with Crippen LogP contribution in [0.5, 0.6) is 0 Å². The lowest BCUT2D eigenvalue weighted by atomic mass is 9.92. The molecule has 1 aliphatic rings. The van der Waals surface area contributed by atoms with Crippen molar-refractivity contribution >= 4 is 35.1 Å². The van der Waals surface area contributed by atoms with E-state index in [4.69, 9.17) is 0 Å². The molecule has 0 aromatic heterocycles. The molecule has 1 saturated heterocycles. The number of rotatable bonds is 6. The molecule has 0 radical (unpaired) electrons. The second kappa shape index (κ2) is 8.36. The van der Waals surface area contributed by atoms with E-state index in [0.717, 1.165) is 10.5 Å². The summed E-state index contributed by atoms with van der Waals surface area (Å²) < 4.78 is 0. The van der Waals surface area contributed by atoms with E-state index in [9.17, 15) is 19.2 Å². The number of nitrogens with zero attached hydrogens (tertiary/aromatic N) is 1. The molecule has 0 saturated carbocycles. The highest BCUT2D eigenvalue weighted by atomic mass is 16.2. The Hall–Kier alpha value is -3.68. The molecule has 0 aliphatic carbocycles. The summed E-state index contributed by atoms with van der Waals surface area (Å²) in [5.41, 5.74) is 1.24. The van der Waals surface area contributed by atoms with Crippen molar-refractivity contribution in [1.29, 1.82) is 0 Å². The molecule has 1 atom stereocenters. The van der Waals surface area contributed by atoms with E-state index in [1.165, 1.54) is 0 Å². The van der Waals surface area contributed by atoms with Crippen LogP contribution in [0.1, 0.15) is 31.4 Å². The van der Waals surface area contributed by atoms with E-state index in [0.29, 0.717) is 23.4 Å². The van der Waals surface area contributed by atoms with Gasteiger partial charge < -0.3 is 16.0 Å². The van der Waals surface area contributed by atoms with Crippen LogP contribution in [-0.2, 0) is 19.9 Å². The molecule has 5 amide bonds. The van der Waals surface area contributed by atoms with Crippen molar-refractivity contribution in [1.82, 2.24) is 10.2 Å². The van der Waals surface area contributed by atoms with Crippen LogP contribution in [0.15, 0.2) is 48.5 Å². The van der Waals surface area contributed by atoms with Gasteiger partial charge in [-0.15, -0.1) is 0 Å². The number of benzene rings is 2. The largest absolute Gasteiger partial charge is 0.326 e. The molecule has 1 fully saturated rings. The lowest BCUT2D eigenvalue weighted by Crippen LogP contribution is -2.42. The summed E-state index contributed by atoms with van der Waals surface area (Å²) in [6.45, 7) is 4.75. The monoisotopic (exact) mass is 408 g/mol. The highest BCUT2D eigenvalue weighted by molar-refractivity contribution is 6.10. The number of aryl methyl sites for hydroxylation is 1. The van der Waals surface area contributed by atoms with Crippen LogP contribution in [0.2, 0.25) is 0 Å². The number of nitrogens with one attached hydrogen (secondary N) is 3. The number of carbonyl (C=O) groups excluding carboxylic acids is 4. The van der Waals surface area contributed by atoms with E-state index < -0.39 is 29.9 Å². The van der Waals surface area contributed by atoms with Gasteiger partial charge in [0.1, 0.15) is 12.1 Å². The van der Waals surface area contributed by atoms with E-state index in [1.54, 1.807) is 63.2 Å². The number of carbonyl (C=O) groups is 4. The average molecular weight is 408 g/mol. The summed E-state index contributed by atoms with van der Waals surface area (Å²) in [6, 6.07) is 13.4. The van der Waals surface area contributed by atoms with Crippen molar-refractivity contribution in [3.63, 3.8) is 0 Å². The van der Waals surface area contributed by atoms with Crippen molar-refractivity contribution in [3.05, 3.63) is 59.7 Å². The molecular weight excluding hydrogens is 384 g/mol. The topological polar surface area (TPSA) is 108 Å². The van der Waals surface area contributed by atoms with Gasteiger partial charge >= 0.3 is 6.03 Å². The molecular formula is C22H24N4O4. The molecule has 1 unspecified atom stereocenters. The summed E-state index contributed by atoms with van der Waals surface area (Å²) >= 11 is 0. The molecule has 3 rings (SSSR count). The summed E-state index contributed by atoms with van der Waals surface area (Å²) in [5.74, 6) is -1.15. The first-order valence-corrected chi connectivity index (χ1v) is 9.64. The van der Waals surface area contributed by atoms with Crippen molar-refractivity contribution in [2.45, 2.75) is 32.7 Å². The molecule has 156 valence electrons. The van der Waals surface area contributed by atoms with Gasteiger partial charge in [-0.2, -0.15) is 0 Å². The number of amides is 5. The summed E-state index contributed by atoms with van der Waals surface area (Å²) in [5, 5.41) is 8.12. The average Bonchev–Trinajstić information content (AvgIpc) is 2.95. The molecule has 1 heterocycles. The van der Waals surface area contributed by atoms with E-state index in [1.807, 2.05) is 6.07 Å². The molecule has 1 aliphatic heterocycles. The minimum Gasteiger partial charge on any atom is -0.326 e. The Bertz CT molecular complexity index is 1010. The van der Waals surface area contributed by atoms with E-state index in [2.05, 4.69) is 16.0 Å². The van der Waals surface area contributed by atoms with Crippen molar-refractivity contribution in [2.24, 2.45) is 0 Å². The predicted molar refractivity (Wildman–Crippen MR) is 113 cm³/mol. The normalized spacial score (nSPS) is 18.2. The van der Waals surface area contributed by atoms with Crippen LogP contribution >= 0.6 is 0 Å². The SMILES string of the molecule is CCC(=O)Nc1ccc(C)c(NC(=O)CN2C(=O)NC(C)(c3ccccc3)C2=O)c1. The Morgan fingerprint density at radius 2 is 1.73 bits per heavy atom. The number of hydrogen-bond acceptors (Lipinski definition) is 4. The molecule has 0 bridgehead atoms. The standard InChI is InChI=1S/C22H24N4O4/c1-4-18(27)23-16-11-10-14(2)17(12-16)24-19(28)13-26-20(29)22(3,25-21(26)30)15-8-6-5-7-9-15/h5-12H,4,13H2,1-3H3,(H,23,27)(H,24,28)(H,25,30). The third kappa shape index (κ3) is 4.17. The predicted octanol–water partition coefficient (Wildman–Crippen LogP) is 2.75. The fraction of sp³-hybridized carbons (Fsp3) is 0.273. The van der Waals surface area contributed by atoms with Gasteiger partial charge in [0.05, 0.1) is 0 Å². The van der Waals surface area contributed by atoms with Gasteiger partial charge in [-0.05, 0) is 37.1 Å². The number of anilines is 2. The van der Waals surface area contributed by atoms with Gasteiger partial charge in [0.25, 0.3) is 5.91 Å². The fourth-order valence-electron chi connectivity index (χ4n) is 3.22. The Balaban J connectivity index is 1.72. The Kier molecular flexibility index (Phi) is 5.86. The van der Waals surface area contributed by atoms with E-state index in [-0.39, 0.29) is 5.91 Å². The van der Waals surface area contributed by atoms with Gasteiger partial charge in [0, 0.05) is 17.8 Å². The fourth-order valence-corrected chi connectivity index (χ4v) is 3.22. The second-order valence-corrected chi connectivity index (χ2v) is 7.29. The molecule has 30 heavy (non-hydrogen) atoms. The maximum absolute atomic E-state index is 12.9. The van der Waals surface area contributed by atoms with Crippen molar-refractivity contribution < 1.29 is 19.2 Å². The lowest BCUT2D eigenvalue weighted by Gasteiger charge is -2.22. The highest BCUT2D eigenvalue weighted by Gasteiger charge is 2.49. The molecule has 0 spiro atoms. The first-order chi connectivity index (χ1) is 14.2. The lowest BCUT2D eigenvalue weighted by molar-refractivity contribution is -0.133. The van der Waals surface area contributed by atoms with Gasteiger partial charge in [-0.3, -0.25) is 19.3 Å². The van der Waals surface area contributed by atoms with Crippen LogP contribution in [-0.4, -0.2) is 35.2 Å². The van der Waals surface area contributed by atoms with Crippen molar-refractivity contribution in [2.75, 3.05) is 17.2 Å². The van der Waals surface area contributed by atoms with Crippen LogP contribution in [0.3, 0.4) is 0 Å². The zero-order valence-corrected chi connectivity index (χ0v) is 17.1. The van der Waals surface area contributed by atoms with Crippen LogP contribution in [0.25, 0.3) is 0 Å². The minimum atomic E-state index is -1.22. The van der Waals surface area contributed by atoms with E-state index >= 15 is 0 Å². The first kappa shape index (κ1) is 21.0. The zero-order valence-electron chi connectivity index (χ0n) is 17.1. The zero-order chi connectivity index (χ0) is 21.9. The Morgan fingerprint density at radius 3 is 2.40 bits per heavy atom. The quantitative estimate of drug-likeness (QED) is 0.639. The van der Waals surface area contributed by atoms with Gasteiger partial charge in [-0.1, -0.05) is 43.3 Å². The summed E-state index contributed by atoms with van der Waals surface area (Å²) in [4.78, 5) is 50.4.